The van der Waals surface area contributed by atoms with Gasteiger partial charge in [0.15, 0.2) is 0 Å². The SMILES string of the molecule is Cc1ccc(C2=CCC(=O)N(CCC(=O)NCC[NH+](C)Cc3ccccc3)N2)cc1. The molecule has 2 aromatic carbocycles. The summed E-state index contributed by atoms with van der Waals surface area (Å²) in [6, 6.07) is 18.5. The first-order valence-corrected chi connectivity index (χ1v) is 10.5. The molecule has 2 aromatic rings. The number of amides is 2. The van der Waals surface area contributed by atoms with Crippen molar-refractivity contribution in [2.24, 2.45) is 0 Å². The number of hydrogen-bond acceptors (Lipinski definition) is 3. The predicted molar refractivity (Wildman–Crippen MR) is 118 cm³/mol. The lowest BCUT2D eigenvalue weighted by atomic mass is 10.1. The number of carbonyl (C=O) groups is 2. The largest absolute Gasteiger partial charge is 0.350 e. The molecule has 2 amide bonds. The molecule has 0 fully saturated rings. The molecule has 1 aliphatic heterocycles. The smallest absolute Gasteiger partial charge is 0.244 e. The third-order valence-electron chi connectivity index (χ3n) is 5.18. The molecule has 1 atom stereocenters. The van der Waals surface area contributed by atoms with E-state index in [0.29, 0.717) is 19.5 Å². The molecular weight excluding hydrogens is 376 g/mol. The van der Waals surface area contributed by atoms with Gasteiger partial charge in [-0.1, -0.05) is 60.2 Å². The summed E-state index contributed by atoms with van der Waals surface area (Å²) in [5.41, 5.74) is 7.57. The van der Waals surface area contributed by atoms with Crippen LogP contribution >= 0.6 is 0 Å². The first-order chi connectivity index (χ1) is 14.5. The van der Waals surface area contributed by atoms with Crippen LogP contribution in [0.15, 0.2) is 60.7 Å². The summed E-state index contributed by atoms with van der Waals surface area (Å²) in [5, 5.41) is 4.51. The van der Waals surface area contributed by atoms with Crippen molar-refractivity contribution in [3.8, 4) is 0 Å². The second kappa shape index (κ2) is 10.6. The highest BCUT2D eigenvalue weighted by Gasteiger charge is 2.20. The van der Waals surface area contributed by atoms with E-state index in [-0.39, 0.29) is 18.2 Å². The Kier molecular flexibility index (Phi) is 7.63. The Morgan fingerprint density at radius 2 is 1.87 bits per heavy atom. The van der Waals surface area contributed by atoms with Gasteiger partial charge in [-0.15, -0.1) is 0 Å². The van der Waals surface area contributed by atoms with E-state index in [0.717, 1.165) is 24.4 Å². The van der Waals surface area contributed by atoms with Crippen molar-refractivity contribution in [2.45, 2.75) is 26.3 Å². The molecule has 0 saturated heterocycles. The second-order valence-corrected chi connectivity index (χ2v) is 7.81. The van der Waals surface area contributed by atoms with Crippen LogP contribution in [0, 0.1) is 6.92 Å². The maximum absolute atomic E-state index is 12.2. The number of hydrogen-bond donors (Lipinski definition) is 3. The van der Waals surface area contributed by atoms with Crippen LogP contribution in [0.1, 0.15) is 29.5 Å². The number of benzene rings is 2. The lowest BCUT2D eigenvalue weighted by Crippen LogP contribution is -3.08. The number of nitrogens with one attached hydrogen (secondary N) is 3. The van der Waals surface area contributed by atoms with E-state index in [9.17, 15) is 9.59 Å². The average Bonchev–Trinajstić information content (AvgIpc) is 2.74. The third kappa shape index (κ3) is 6.46. The van der Waals surface area contributed by atoms with Crippen LogP contribution in [0.5, 0.6) is 0 Å². The molecule has 0 spiro atoms. The maximum atomic E-state index is 12.2. The highest BCUT2D eigenvalue weighted by atomic mass is 16.2. The standard InChI is InChI=1S/C24H30N4O2/c1-19-8-10-21(11-9-19)22-12-13-24(30)28(26-22)16-14-23(29)25-15-17-27(2)18-20-6-4-3-5-7-20/h3-12,26H,13-18H2,1-2H3,(H,25,29)/p+1. The summed E-state index contributed by atoms with van der Waals surface area (Å²) >= 11 is 0. The summed E-state index contributed by atoms with van der Waals surface area (Å²) < 4.78 is 0. The number of quaternary nitrogens is 1. The highest BCUT2D eigenvalue weighted by Crippen LogP contribution is 2.18. The van der Waals surface area contributed by atoms with Crippen LogP contribution in [-0.4, -0.2) is 43.5 Å². The number of rotatable bonds is 9. The molecule has 1 aliphatic rings. The maximum Gasteiger partial charge on any atom is 0.244 e. The molecule has 158 valence electrons. The van der Waals surface area contributed by atoms with E-state index in [1.165, 1.54) is 16.0 Å². The van der Waals surface area contributed by atoms with Crippen LogP contribution < -0.4 is 15.6 Å². The van der Waals surface area contributed by atoms with Gasteiger partial charge in [0.25, 0.3) is 0 Å². The van der Waals surface area contributed by atoms with E-state index in [1.54, 1.807) is 5.01 Å². The molecule has 30 heavy (non-hydrogen) atoms. The molecule has 3 rings (SSSR count). The second-order valence-electron chi connectivity index (χ2n) is 7.81. The Hall–Kier alpha value is -3.12. The van der Waals surface area contributed by atoms with E-state index >= 15 is 0 Å². The van der Waals surface area contributed by atoms with Gasteiger partial charge in [0.1, 0.15) is 6.54 Å². The molecule has 0 aromatic heterocycles. The van der Waals surface area contributed by atoms with Gasteiger partial charge in [-0.25, -0.2) is 0 Å². The zero-order valence-corrected chi connectivity index (χ0v) is 17.8. The van der Waals surface area contributed by atoms with Crippen molar-refractivity contribution in [1.82, 2.24) is 15.8 Å². The van der Waals surface area contributed by atoms with Crippen molar-refractivity contribution in [3.63, 3.8) is 0 Å². The summed E-state index contributed by atoms with van der Waals surface area (Å²) in [6.07, 6.45) is 2.51. The number of likely N-dealkylation sites (N-methyl/N-ethyl adjacent to an activating group) is 1. The normalized spacial score (nSPS) is 14.7. The zero-order chi connectivity index (χ0) is 21.3. The Labute approximate surface area is 178 Å². The van der Waals surface area contributed by atoms with Crippen molar-refractivity contribution < 1.29 is 14.5 Å². The fourth-order valence-electron chi connectivity index (χ4n) is 3.40. The minimum absolute atomic E-state index is 0.0225. The molecule has 6 heteroatoms. The highest BCUT2D eigenvalue weighted by molar-refractivity contribution is 5.84. The van der Waals surface area contributed by atoms with Crippen molar-refractivity contribution in [3.05, 3.63) is 77.4 Å². The van der Waals surface area contributed by atoms with Gasteiger partial charge < -0.3 is 10.2 Å². The zero-order valence-electron chi connectivity index (χ0n) is 17.8. The minimum atomic E-state index is -0.0384. The fourth-order valence-corrected chi connectivity index (χ4v) is 3.40. The Morgan fingerprint density at radius 1 is 1.13 bits per heavy atom. The van der Waals surface area contributed by atoms with Crippen molar-refractivity contribution in [2.75, 3.05) is 26.7 Å². The van der Waals surface area contributed by atoms with Crippen LogP contribution in [0.3, 0.4) is 0 Å². The van der Waals surface area contributed by atoms with Gasteiger partial charge in [-0.2, -0.15) is 0 Å². The minimum Gasteiger partial charge on any atom is -0.350 e. The monoisotopic (exact) mass is 407 g/mol. The quantitative estimate of drug-likeness (QED) is 0.587. The lowest BCUT2D eigenvalue weighted by Gasteiger charge is -2.29. The van der Waals surface area contributed by atoms with E-state index < -0.39 is 0 Å². The molecule has 1 heterocycles. The van der Waals surface area contributed by atoms with Gasteiger partial charge in [-0.05, 0) is 18.6 Å². The van der Waals surface area contributed by atoms with Gasteiger partial charge in [0.2, 0.25) is 11.8 Å². The van der Waals surface area contributed by atoms with Gasteiger partial charge in [0.05, 0.1) is 32.4 Å². The number of aryl methyl sites for hydroxylation is 1. The number of nitrogens with zero attached hydrogens (tertiary/aromatic N) is 1. The Morgan fingerprint density at radius 3 is 2.60 bits per heavy atom. The van der Waals surface area contributed by atoms with Crippen LogP contribution in [0.25, 0.3) is 5.70 Å². The molecule has 0 bridgehead atoms. The molecule has 6 nitrogen and oxygen atoms in total. The van der Waals surface area contributed by atoms with Crippen LogP contribution in [0.4, 0.5) is 0 Å². The predicted octanol–water partition coefficient (Wildman–Crippen LogP) is 1.29. The molecular formula is C24H31N4O2+. The Balaban J connectivity index is 1.39. The first-order valence-electron chi connectivity index (χ1n) is 10.5. The molecule has 0 saturated carbocycles. The summed E-state index contributed by atoms with van der Waals surface area (Å²) in [5.74, 6) is -0.0609. The van der Waals surface area contributed by atoms with E-state index in [2.05, 4.69) is 29.9 Å². The lowest BCUT2D eigenvalue weighted by molar-refractivity contribution is -0.892. The summed E-state index contributed by atoms with van der Waals surface area (Å²) in [4.78, 5) is 25.8. The van der Waals surface area contributed by atoms with Gasteiger partial charge in [-0.3, -0.25) is 20.0 Å². The number of hydrazine groups is 1. The van der Waals surface area contributed by atoms with E-state index in [4.69, 9.17) is 0 Å². The van der Waals surface area contributed by atoms with Crippen LogP contribution in [-0.2, 0) is 16.1 Å². The van der Waals surface area contributed by atoms with Crippen molar-refractivity contribution in [1.29, 1.82) is 0 Å². The molecule has 0 radical (unpaired) electrons. The van der Waals surface area contributed by atoms with E-state index in [1.807, 2.05) is 55.5 Å². The Bertz CT molecular complexity index is 878. The topological polar surface area (TPSA) is 65.9 Å². The molecule has 3 N–H and O–H groups in total. The van der Waals surface area contributed by atoms with Crippen LogP contribution in [0.2, 0.25) is 0 Å². The fraction of sp³-hybridized carbons (Fsp3) is 0.333. The molecule has 1 unspecified atom stereocenters. The third-order valence-corrected chi connectivity index (χ3v) is 5.18. The van der Waals surface area contributed by atoms with Crippen molar-refractivity contribution >= 4 is 17.5 Å². The van der Waals surface area contributed by atoms with Gasteiger partial charge in [0, 0.05) is 18.4 Å². The summed E-state index contributed by atoms with van der Waals surface area (Å²) in [7, 11) is 2.12. The number of carbonyl (C=O) groups excluding carboxylic acids is 2. The molecule has 0 aliphatic carbocycles. The first kappa shape index (κ1) is 21.6. The van der Waals surface area contributed by atoms with Gasteiger partial charge >= 0.3 is 0 Å². The summed E-state index contributed by atoms with van der Waals surface area (Å²) in [6.45, 7) is 4.79. The average molecular weight is 408 g/mol.